The Hall–Kier alpha value is -1.44. The highest BCUT2D eigenvalue weighted by Gasteiger charge is 2.01. The van der Waals surface area contributed by atoms with Crippen molar-refractivity contribution in [2.45, 2.75) is 13.3 Å². The van der Waals surface area contributed by atoms with Crippen molar-refractivity contribution in [1.82, 2.24) is 4.98 Å². The van der Waals surface area contributed by atoms with Gasteiger partial charge in [-0.15, -0.1) is 0 Å². The summed E-state index contributed by atoms with van der Waals surface area (Å²) < 4.78 is 13.4. The molecule has 0 bridgehead atoms. The van der Waals surface area contributed by atoms with Crippen LogP contribution in [-0.2, 0) is 6.42 Å². The van der Waals surface area contributed by atoms with Crippen molar-refractivity contribution in [3.05, 3.63) is 42.0 Å². The average Bonchev–Trinajstić information content (AvgIpc) is 2.18. The molecular formula is C11H10FN. The first-order valence-corrected chi connectivity index (χ1v) is 4.33. The third-order valence-electron chi connectivity index (χ3n) is 2.17. The molecule has 0 aliphatic rings. The van der Waals surface area contributed by atoms with E-state index in [1.54, 1.807) is 18.5 Å². The molecule has 1 aromatic carbocycles. The minimum Gasteiger partial charge on any atom is -0.264 e. The van der Waals surface area contributed by atoms with Crippen LogP contribution >= 0.6 is 0 Å². The van der Waals surface area contributed by atoms with Crippen LogP contribution in [-0.4, -0.2) is 4.98 Å². The summed E-state index contributed by atoms with van der Waals surface area (Å²) in [5, 5.41) is 1.52. The minimum atomic E-state index is -0.178. The molecule has 0 saturated carbocycles. The second kappa shape index (κ2) is 3.13. The van der Waals surface area contributed by atoms with E-state index in [2.05, 4.69) is 4.98 Å². The molecule has 13 heavy (non-hydrogen) atoms. The molecule has 0 fully saturated rings. The van der Waals surface area contributed by atoms with E-state index >= 15 is 0 Å². The number of hydrogen-bond donors (Lipinski definition) is 0. The summed E-state index contributed by atoms with van der Waals surface area (Å²) in [7, 11) is 0. The van der Waals surface area contributed by atoms with E-state index in [4.69, 9.17) is 0 Å². The lowest BCUT2D eigenvalue weighted by atomic mass is 10.1. The Balaban J connectivity index is 2.77. The summed E-state index contributed by atoms with van der Waals surface area (Å²) in [6, 6.07) is 5.40. The Morgan fingerprint density at radius 3 is 3.00 bits per heavy atom. The molecule has 0 amide bonds. The number of halogens is 1. The van der Waals surface area contributed by atoms with Gasteiger partial charge in [0.25, 0.3) is 0 Å². The number of hydrogen-bond acceptors (Lipinski definition) is 1. The maximum absolute atomic E-state index is 13.4. The van der Waals surface area contributed by atoms with Crippen molar-refractivity contribution in [1.29, 1.82) is 0 Å². The maximum Gasteiger partial charge on any atom is 0.132 e. The molecular weight excluding hydrogens is 165 g/mol. The molecule has 0 N–H and O–H groups in total. The molecule has 1 nitrogen and oxygen atoms in total. The van der Waals surface area contributed by atoms with E-state index in [0.29, 0.717) is 5.39 Å². The number of pyridine rings is 1. The summed E-state index contributed by atoms with van der Waals surface area (Å²) in [4.78, 5) is 3.89. The molecule has 0 aliphatic carbocycles. The van der Waals surface area contributed by atoms with Crippen LogP contribution in [0, 0.1) is 5.82 Å². The molecule has 0 spiro atoms. The van der Waals surface area contributed by atoms with Gasteiger partial charge in [-0.25, -0.2) is 4.39 Å². The maximum atomic E-state index is 13.4. The predicted molar refractivity (Wildman–Crippen MR) is 51.1 cm³/mol. The van der Waals surface area contributed by atoms with Crippen LogP contribution in [0.2, 0.25) is 0 Å². The van der Waals surface area contributed by atoms with E-state index in [0.717, 1.165) is 17.4 Å². The van der Waals surface area contributed by atoms with Crippen molar-refractivity contribution in [2.75, 3.05) is 0 Å². The zero-order chi connectivity index (χ0) is 9.26. The average molecular weight is 175 g/mol. The predicted octanol–water partition coefficient (Wildman–Crippen LogP) is 2.94. The zero-order valence-electron chi connectivity index (χ0n) is 7.42. The van der Waals surface area contributed by atoms with Crippen LogP contribution in [0.4, 0.5) is 4.39 Å². The molecule has 1 heterocycles. The van der Waals surface area contributed by atoms with Gasteiger partial charge in [-0.3, -0.25) is 4.98 Å². The smallest absolute Gasteiger partial charge is 0.132 e. The molecule has 0 aliphatic heterocycles. The van der Waals surface area contributed by atoms with Gasteiger partial charge in [0.05, 0.1) is 0 Å². The van der Waals surface area contributed by atoms with Crippen molar-refractivity contribution in [3.63, 3.8) is 0 Å². The summed E-state index contributed by atoms with van der Waals surface area (Å²) >= 11 is 0. The van der Waals surface area contributed by atoms with Crippen LogP contribution in [0.15, 0.2) is 30.6 Å². The molecule has 0 unspecified atom stereocenters. The van der Waals surface area contributed by atoms with E-state index in [1.807, 2.05) is 19.1 Å². The Labute approximate surface area is 76.2 Å². The highest BCUT2D eigenvalue weighted by molar-refractivity contribution is 5.82. The van der Waals surface area contributed by atoms with E-state index in [9.17, 15) is 4.39 Å². The van der Waals surface area contributed by atoms with Gasteiger partial charge in [0.1, 0.15) is 5.82 Å². The van der Waals surface area contributed by atoms with Crippen LogP contribution in [0.25, 0.3) is 10.8 Å². The number of rotatable bonds is 1. The monoisotopic (exact) mass is 175 g/mol. The fourth-order valence-corrected chi connectivity index (χ4v) is 1.42. The van der Waals surface area contributed by atoms with Gasteiger partial charge in [-0.1, -0.05) is 13.0 Å². The number of nitrogens with zero attached hydrogens (tertiary/aromatic N) is 1. The molecule has 2 heteroatoms. The van der Waals surface area contributed by atoms with Crippen molar-refractivity contribution in [3.8, 4) is 0 Å². The van der Waals surface area contributed by atoms with E-state index < -0.39 is 0 Å². The van der Waals surface area contributed by atoms with E-state index in [1.165, 1.54) is 0 Å². The van der Waals surface area contributed by atoms with Gasteiger partial charge >= 0.3 is 0 Å². The lowest BCUT2D eigenvalue weighted by Crippen LogP contribution is -1.86. The molecule has 0 saturated heterocycles. The molecule has 0 radical (unpaired) electrons. The summed E-state index contributed by atoms with van der Waals surface area (Å²) in [6.45, 7) is 2.02. The van der Waals surface area contributed by atoms with Crippen molar-refractivity contribution in [2.24, 2.45) is 0 Å². The first-order chi connectivity index (χ1) is 6.31. The number of benzene rings is 1. The van der Waals surface area contributed by atoms with Gasteiger partial charge in [0.2, 0.25) is 0 Å². The van der Waals surface area contributed by atoms with Crippen LogP contribution in [0.1, 0.15) is 12.5 Å². The van der Waals surface area contributed by atoms with Gasteiger partial charge in [0.15, 0.2) is 0 Å². The molecule has 2 aromatic rings. The largest absolute Gasteiger partial charge is 0.264 e. The molecule has 2 rings (SSSR count). The Kier molecular flexibility index (Phi) is 1.97. The minimum absolute atomic E-state index is 0.178. The lowest BCUT2D eigenvalue weighted by Gasteiger charge is -2.01. The third kappa shape index (κ3) is 1.39. The fourth-order valence-electron chi connectivity index (χ4n) is 1.42. The normalized spacial score (nSPS) is 10.6. The van der Waals surface area contributed by atoms with Crippen LogP contribution in [0.3, 0.4) is 0 Å². The van der Waals surface area contributed by atoms with Crippen molar-refractivity contribution >= 4 is 10.8 Å². The number of fused-ring (bicyclic) bond motifs is 1. The van der Waals surface area contributed by atoms with E-state index in [-0.39, 0.29) is 5.82 Å². The quantitative estimate of drug-likeness (QED) is 0.649. The number of aryl methyl sites for hydroxylation is 1. The third-order valence-corrected chi connectivity index (χ3v) is 2.17. The lowest BCUT2D eigenvalue weighted by molar-refractivity contribution is 0.637. The Bertz CT molecular complexity index is 437. The van der Waals surface area contributed by atoms with Crippen molar-refractivity contribution < 1.29 is 4.39 Å². The molecule has 1 aromatic heterocycles. The second-order valence-electron chi connectivity index (χ2n) is 3.03. The Morgan fingerprint density at radius 2 is 2.23 bits per heavy atom. The highest BCUT2D eigenvalue weighted by Crippen LogP contribution is 2.18. The van der Waals surface area contributed by atoms with Crippen LogP contribution in [0.5, 0.6) is 0 Å². The van der Waals surface area contributed by atoms with Gasteiger partial charge in [-0.2, -0.15) is 0 Å². The second-order valence-corrected chi connectivity index (χ2v) is 3.03. The van der Waals surface area contributed by atoms with Gasteiger partial charge in [0, 0.05) is 17.8 Å². The summed E-state index contributed by atoms with van der Waals surface area (Å²) in [6.07, 6.45) is 4.10. The SMILES string of the molecule is CCc1cc(F)c2cnccc2c1. The van der Waals surface area contributed by atoms with Crippen LogP contribution < -0.4 is 0 Å². The molecule has 0 atom stereocenters. The Morgan fingerprint density at radius 1 is 1.38 bits per heavy atom. The zero-order valence-corrected chi connectivity index (χ0v) is 7.42. The topological polar surface area (TPSA) is 12.9 Å². The fraction of sp³-hybridized carbons (Fsp3) is 0.182. The summed E-state index contributed by atoms with van der Waals surface area (Å²) in [5.74, 6) is -0.178. The van der Waals surface area contributed by atoms with Gasteiger partial charge < -0.3 is 0 Å². The standard InChI is InChI=1S/C11H10FN/c1-2-8-5-9-3-4-13-7-10(9)11(12)6-8/h3-7H,2H2,1H3. The first kappa shape index (κ1) is 8.17. The number of aromatic nitrogens is 1. The summed E-state index contributed by atoms with van der Waals surface area (Å²) in [5.41, 5.74) is 1.02. The highest BCUT2D eigenvalue weighted by atomic mass is 19.1. The molecule has 66 valence electrons. The first-order valence-electron chi connectivity index (χ1n) is 4.33. The van der Waals surface area contributed by atoms with Gasteiger partial charge in [-0.05, 0) is 29.5 Å².